The largest absolute Gasteiger partial charge is 0.495 e. The van der Waals surface area contributed by atoms with Crippen molar-refractivity contribution in [1.29, 1.82) is 0 Å². The molecular weight excluding hydrogens is 396 g/mol. The molecule has 1 aromatic rings. The number of hydrogen-bond acceptors (Lipinski definition) is 6. The first kappa shape index (κ1) is 21.6. The molecule has 0 spiro atoms. The summed E-state index contributed by atoms with van der Waals surface area (Å²) in [6, 6.07) is 4.00. The van der Waals surface area contributed by atoms with E-state index < -0.39 is 22.1 Å². The molecule has 29 heavy (non-hydrogen) atoms. The zero-order chi connectivity index (χ0) is 21.0. The molecule has 1 amide bonds. The Hall–Kier alpha value is -2.13. The maximum Gasteiger partial charge on any atom is 0.338 e. The van der Waals surface area contributed by atoms with E-state index in [-0.39, 0.29) is 28.2 Å². The highest BCUT2D eigenvalue weighted by Crippen LogP contribution is 2.28. The lowest BCUT2D eigenvalue weighted by molar-refractivity contribution is -0.139. The minimum atomic E-state index is -3.82. The molecule has 1 heterocycles. The van der Waals surface area contributed by atoms with Crippen LogP contribution in [0.25, 0.3) is 0 Å². The molecule has 1 N–H and O–H groups in total. The minimum Gasteiger partial charge on any atom is -0.495 e. The van der Waals surface area contributed by atoms with Crippen molar-refractivity contribution < 1.29 is 27.5 Å². The number of ether oxygens (including phenoxy) is 2. The lowest BCUT2D eigenvalue weighted by Crippen LogP contribution is -2.40. The molecule has 1 saturated heterocycles. The lowest BCUT2D eigenvalue weighted by Gasteiger charge is -2.24. The number of rotatable bonds is 7. The molecule has 1 aliphatic heterocycles. The summed E-state index contributed by atoms with van der Waals surface area (Å²) in [5.74, 6) is -0.827. The first-order valence-electron chi connectivity index (χ1n) is 10.0. The maximum atomic E-state index is 12.6. The minimum absolute atomic E-state index is 0.0532. The van der Waals surface area contributed by atoms with Gasteiger partial charge in [0, 0.05) is 19.1 Å². The average Bonchev–Trinajstić information content (AvgIpc) is 3.53. The van der Waals surface area contributed by atoms with E-state index in [0.717, 1.165) is 38.5 Å². The quantitative estimate of drug-likeness (QED) is 0.673. The third kappa shape index (κ3) is 5.48. The van der Waals surface area contributed by atoms with E-state index in [0.29, 0.717) is 13.1 Å². The monoisotopic (exact) mass is 424 g/mol. The van der Waals surface area contributed by atoms with Crippen LogP contribution in [0.2, 0.25) is 0 Å². The number of methoxy groups -OCH3 is 1. The second-order valence-electron chi connectivity index (χ2n) is 7.55. The van der Waals surface area contributed by atoms with Gasteiger partial charge in [0.25, 0.3) is 5.91 Å². The van der Waals surface area contributed by atoms with Crippen molar-refractivity contribution in [3.8, 4) is 5.75 Å². The fourth-order valence-corrected chi connectivity index (χ4v) is 4.82. The number of carbonyl (C=O) groups is 2. The average molecular weight is 425 g/mol. The Kier molecular flexibility index (Phi) is 6.79. The summed E-state index contributed by atoms with van der Waals surface area (Å²) < 4.78 is 38.3. The van der Waals surface area contributed by atoms with Gasteiger partial charge in [-0.05, 0) is 50.8 Å². The molecule has 1 aliphatic carbocycles. The zero-order valence-corrected chi connectivity index (χ0v) is 17.7. The molecule has 2 aliphatic rings. The van der Waals surface area contributed by atoms with E-state index in [2.05, 4.69) is 4.72 Å². The number of hydrogen-bond donors (Lipinski definition) is 1. The van der Waals surface area contributed by atoms with Crippen molar-refractivity contribution in [2.45, 2.75) is 62.5 Å². The van der Waals surface area contributed by atoms with Crippen LogP contribution >= 0.6 is 0 Å². The molecule has 1 atom stereocenters. The van der Waals surface area contributed by atoms with Crippen LogP contribution in [0, 0.1) is 0 Å². The van der Waals surface area contributed by atoms with Crippen LogP contribution in [0.5, 0.6) is 5.75 Å². The van der Waals surface area contributed by atoms with E-state index in [4.69, 9.17) is 9.47 Å². The van der Waals surface area contributed by atoms with E-state index >= 15 is 0 Å². The summed E-state index contributed by atoms with van der Waals surface area (Å²) in [6.07, 6.45) is 4.72. The smallest absolute Gasteiger partial charge is 0.338 e. The molecule has 9 heteroatoms. The lowest BCUT2D eigenvalue weighted by atomic mass is 10.2. The van der Waals surface area contributed by atoms with Gasteiger partial charge in [-0.15, -0.1) is 0 Å². The molecule has 1 aromatic carbocycles. The predicted octanol–water partition coefficient (Wildman–Crippen LogP) is 2.08. The molecule has 160 valence electrons. The molecule has 0 unspecified atom stereocenters. The Bertz CT molecular complexity index is 858. The van der Waals surface area contributed by atoms with Crippen molar-refractivity contribution in [3.05, 3.63) is 23.8 Å². The topological polar surface area (TPSA) is 102 Å². The summed E-state index contributed by atoms with van der Waals surface area (Å²) in [7, 11) is -2.45. The molecule has 0 radical (unpaired) electrons. The molecule has 3 rings (SSSR count). The number of sulfonamides is 1. The molecule has 8 nitrogen and oxygen atoms in total. The number of benzene rings is 1. The molecule has 2 fully saturated rings. The van der Waals surface area contributed by atoms with Crippen LogP contribution in [0.15, 0.2) is 23.1 Å². The number of amides is 1. The second-order valence-corrected chi connectivity index (χ2v) is 9.23. The summed E-state index contributed by atoms with van der Waals surface area (Å²) in [6.45, 7) is 2.87. The Morgan fingerprint density at radius 1 is 1.14 bits per heavy atom. The van der Waals surface area contributed by atoms with Crippen LogP contribution in [-0.2, 0) is 19.6 Å². The van der Waals surface area contributed by atoms with E-state index in [1.165, 1.54) is 25.3 Å². The summed E-state index contributed by atoms with van der Waals surface area (Å²) in [5.41, 5.74) is 0.0532. The fourth-order valence-electron chi connectivity index (χ4n) is 3.32. The highest BCUT2D eigenvalue weighted by atomic mass is 32.2. The number of likely N-dealkylation sites (tertiary alicyclic amines) is 1. The molecule has 0 aromatic heterocycles. The van der Waals surface area contributed by atoms with Crippen molar-refractivity contribution in [2.75, 3.05) is 20.2 Å². The highest BCUT2D eigenvalue weighted by molar-refractivity contribution is 7.89. The summed E-state index contributed by atoms with van der Waals surface area (Å²) >= 11 is 0. The van der Waals surface area contributed by atoms with Gasteiger partial charge in [0.15, 0.2) is 6.10 Å². The summed E-state index contributed by atoms with van der Waals surface area (Å²) in [4.78, 5) is 26.8. The first-order chi connectivity index (χ1) is 13.8. The first-order valence-corrected chi connectivity index (χ1v) is 11.5. The van der Waals surface area contributed by atoms with Gasteiger partial charge in [-0.25, -0.2) is 17.9 Å². The van der Waals surface area contributed by atoms with Gasteiger partial charge in [0.05, 0.1) is 12.7 Å². The van der Waals surface area contributed by atoms with Crippen molar-refractivity contribution in [1.82, 2.24) is 9.62 Å². The van der Waals surface area contributed by atoms with Crippen LogP contribution < -0.4 is 9.46 Å². The van der Waals surface area contributed by atoms with Gasteiger partial charge in [0.2, 0.25) is 10.0 Å². The van der Waals surface area contributed by atoms with Gasteiger partial charge in [0.1, 0.15) is 10.6 Å². The van der Waals surface area contributed by atoms with Crippen LogP contribution in [0.3, 0.4) is 0 Å². The molecule has 0 bridgehead atoms. The van der Waals surface area contributed by atoms with Crippen molar-refractivity contribution in [3.63, 3.8) is 0 Å². The Morgan fingerprint density at radius 2 is 1.79 bits per heavy atom. The van der Waals surface area contributed by atoms with E-state index in [1.54, 1.807) is 11.8 Å². The zero-order valence-electron chi connectivity index (χ0n) is 16.8. The van der Waals surface area contributed by atoms with Gasteiger partial charge in [-0.1, -0.05) is 12.8 Å². The Labute approximate surface area is 171 Å². The van der Waals surface area contributed by atoms with Gasteiger partial charge < -0.3 is 14.4 Å². The molecular formula is C20H28N2O6S. The highest BCUT2D eigenvalue weighted by Gasteiger charge is 2.31. The molecule has 1 saturated carbocycles. The third-order valence-electron chi connectivity index (χ3n) is 5.14. The number of nitrogens with zero attached hydrogens (tertiary/aromatic N) is 1. The predicted molar refractivity (Wildman–Crippen MR) is 106 cm³/mol. The van der Waals surface area contributed by atoms with Crippen LogP contribution in [0.4, 0.5) is 0 Å². The maximum absolute atomic E-state index is 12.6. The number of carbonyl (C=O) groups excluding carboxylic acids is 2. The van der Waals surface area contributed by atoms with Crippen LogP contribution in [0.1, 0.15) is 55.8 Å². The Balaban J connectivity index is 1.73. The standard InChI is InChI=1S/C20H28N2O6S/c1-14(19(23)22-11-5-3-4-6-12-22)28-20(24)15-7-10-17(27-2)18(13-15)29(25,26)21-16-8-9-16/h7,10,13-14,16,21H,3-6,8-9,11-12H2,1-2H3/t14-/m1/s1. The van der Waals surface area contributed by atoms with Crippen molar-refractivity contribution in [2.24, 2.45) is 0 Å². The SMILES string of the molecule is COc1ccc(C(=O)O[C@H](C)C(=O)N2CCCCCC2)cc1S(=O)(=O)NC1CC1. The third-order valence-corrected chi connectivity index (χ3v) is 6.68. The van der Waals surface area contributed by atoms with E-state index in [9.17, 15) is 18.0 Å². The normalized spacial score (nSPS) is 18.6. The van der Waals surface area contributed by atoms with E-state index in [1.807, 2.05) is 0 Å². The number of nitrogens with one attached hydrogen (secondary N) is 1. The van der Waals surface area contributed by atoms with Gasteiger partial charge in [-0.3, -0.25) is 4.79 Å². The summed E-state index contributed by atoms with van der Waals surface area (Å²) in [5, 5.41) is 0. The second kappa shape index (κ2) is 9.13. The van der Waals surface area contributed by atoms with Crippen molar-refractivity contribution >= 4 is 21.9 Å². The number of esters is 1. The van der Waals surface area contributed by atoms with Crippen LogP contribution in [-0.4, -0.2) is 57.5 Å². The fraction of sp³-hybridized carbons (Fsp3) is 0.600. The van der Waals surface area contributed by atoms with Gasteiger partial charge >= 0.3 is 5.97 Å². The Morgan fingerprint density at radius 3 is 2.38 bits per heavy atom. The van der Waals surface area contributed by atoms with Gasteiger partial charge in [-0.2, -0.15) is 0 Å².